The topological polar surface area (TPSA) is 52.3 Å². The Bertz CT molecular complexity index is 221. The maximum Gasteiger partial charge on any atom is 0.0691 e. The molecule has 0 bridgehead atoms. The van der Waals surface area contributed by atoms with Crippen LogP contribution in [0.25, 0.3) is 0 Å². The van der Waals surface area contributed by atoms with Crippen molar-refractivity contribution in [1.82, 2.24) is 0 Å². The van der Waals surface area contributed by atoms with E-state index in [2.05, 4.69) is 0 Å². The Morgan fingerprint density at radius 1 is 1.20 bits per heavy atom. The summed E-state index contributed by atoms with van der Waals surface area (Å²) in [5.41, 5.74) is 5.84. The second-order valence-corrected chi connectivity index (χ2v) is 6.48. The molecule has 1 heterocycles. The van der Waals surface area contributed by atoms with E-state index in [0.717, 1.165) is 50.9 Å². The largest absolute Gasteiger partial charge is 0.377 e. The Balaban J connectivity index is 1.75. The molecule has 2 fully saturated rings. The zero-order valence-corrected chi connectivity index (χ0v) is 10.0. The predicted molar refractivity (Wildman–Crippen MR) is 62.2 cm³/mol. The van der Waals surface area contributed by atoms with Gasteiger partial charge in [0, 0.05) is 28.7 Å². The van der Waals surface area contributed by atoms with Crippen LogP contribution in [-0.2, 0) is 15.5 Å². The lowest BCUT2D eigenvalue weighted by Crippen LogP contribution is -2.33. The van der Waals surface area contributed by atoms with Crippen molar-refractivity contribution in [3.63, 3.8) is 0 Å². The van der Waals surface area contributed by atoms with Gasteiger partial charge in [-0.15, -0.1) is 0 Å². The number of ether oxygens (including phenoxy) is 1. The van der Waals surface area contributed by atoms with Crippen LogP contribution in [-0.4, -0.2) is 34.0 Å². The van der Waals surface area contributed by atoms with Crippen molar-refractivity contribution in [2.75, 3.05) is 12.4 Å². The first kappa shape index (κ1) is 11.6. The Morgan fingerprint density at radius 3 is 2.53 bits per heavy atom. The van der Waals surface area contributed by atoms with Crippen molar-refractivity contribution in [1.29, 1.82) is 0 Å². The molecule has 1 saturated carbocycles. The third-order valence-electron chi connectivity index (χ3n) is 3.46. The normalized spacial score (nSPS) is 39.1. The maximum atomic E-state index is 12.1. The van der Waals surface area contributed by atoms with Gasteiger partial charge in [0.15, 0.2) is 0 Å². The highest BCUT2D eigenvalue weighted by molar-refractivity contribution is 7.85. The highest BCUT2D eigenvalue weighted by atomic mass is 32.2. The van der Waals surface area contributed by atoms with Gasteiger partial charge < -0.3 is 10.5 Å². The third-order valence-corrected chi connectivity index (χ3v) is 5.38. The van der Waals surface area contributed by atoms with Crippen LogP contribution >= 0.6 is 0 Å². The molecule has 15 heavy (non-hydrogen) atoms. The molecular weight excluding hydrogens is 210 g/mol. The van der Waals surface area contributed by atoms with E-state index in [9.17, 15) is 4.21 Å². The minimum atomic E-state index is -0.692. The van der Waals surface area contributed by atoms with E-state index < -0.39 is 10.8 Å². The first-order chi connectivity index (χ1) is 7.25. The van der Waals surface area contributed by atoms with Crippen LogP contribution in [0, 0.1) is 0 Å². The average molecular weight is 231 g/mol. The van der Waals surface area contributed by atoms with Crippen LogP contribution in [0.15, 0.2) is 0 Å². The fourth-order valence-electron chi connectivity index (χ4n) is 2.45. The van der Waals surface area contributed by atoms with Gasteiger partial charge in [-0.3, -0.25) is 4.21 Å². The van der Waals surface area contributed by atoms with Crippen LogP contribution in [0.2, 0.25) is 0 Å². The van der Waals surface area contributed by atoms with Gasteiger partial charge in [0.25, 0.3) is 0 Å². The lowest BCUT2D eigenvalue weighted by molar-refractivity contribution is 0.128. The highest BCUT2D eigenvalue weighted by Gasteiger charge is 2.26. The number of rotatable bonds is 3. The summed E-state index contributed by atoms with van der Waals surface area (Å²) in [6, 6.07) is 0.348. The van der Waals surface area contributed by atoms with Gasteiger partial charge in [-0.1, -0.05) is 0 Å². The zero-order chi connectivity index (χ0) is 10.7. The second-order valence-electron chi connectivity index (χ2n) is 4.72. The Kier molecular flexibility index (Phi) is 4.17. The molecule has 0 aromatic carbocycles. The summed E-state index contributed by atoms with van der Waals surface area (Å²) < 4.78 is 17.6. The van der Waals surface area contributed by atoms with Crippen molar-refractivity contribution < 1.29 is 8.95 Å². The van der Waals surface area contributed by atoms with E-state index in [-0.39, 0.29) is 6.10 Å². The first-order valence-corrected chi connectivity index (χ1v) is 7.38. The molecule has 0 aromatic rings. The predicted octanol–water partition coefficient (Wildman–Crippen LogP) is 1.18. The number of nitrogens with two attached hydrogens (primary N) is 1. The highest BCUT2D eigenvalue weighted by Crippen LogP contribution is 2.23. The SMILES string of the molecule is NC1CCC(S(=O)CC2CCCO2)CC1. The van der Waals surface area contributed by atoms with E-state index >= 15 is 0 Å². The maximum absolute atomic E-state index is 12.1. The Hall–Kier alpha value is 0.0700. The van der Waals surface area contributed by atoms with Gasteiger partial charge in [0.2, 0.25) is 0 Å². The molecule has 3 nitrogen and oxygen atoms in total. The van der Waals surface area contributed by atoms with Gasteiger partial charge in [0.1, 0.15) is 0 Å². The van der Waals surface area contributed by atoms with Gasteiger partial charge in [0.05, 0.1) is 11.9 Å². The summed E-state index contributed by atoms with van der Waals surface area (Å²) in [6.45, 7) is 0.859. The summed E-state index contributed by atoms with van der Waals surface area (Å²) in [4.78, 5) is 0. The molecular formula is C11H21NO2S. The molecule has 4 heteroatoms. The summed E-state index contributed by atoms with van der Waals surface area (Å²) >= 11 is 0. The summed E-state index contributed by atoms with van der Waals surface area (Å²) in [6.07, 6.45) is 6.67. The Labute approximate surface area is 94.2 Å². The molecule has 1 aliphatic heterocycles. The van der Waals surface area contributed by atoms with Crippen molar-refractivity contribution in [3.05, 3.63) is 0 Å². The summed E-state index contributed by atoms with van der Waals surface area (Å²) in [5.74, 6) is 0.750. The van der Waals surface area contributed by atoms with E-state index in [1.54, 1.807) is 0 Å². The van der Waals surface area contributed by atoms with Crippen LogP contribution in [0.4, 0.5) is 0 Å². The smallest absolute Gasteiger partial charge is 0.0691 e. The molecule has 0 radical (unpaired) electrons. The summed E-state index contributed by atoms with van der Waals surface area (Å²) in [5, 5.41) is 0.383. The number of hydrogen-bond donors (Lipinski definition) is 1. The molecule has 2 N–H and O–H groups in total. The molecule has 0 spiro atoms. The molecule has 2 unspecified atom stereocenters. The molecule has 0 amide bonds. The number of hydrogen-bond acceptors (Lipinski definition) is 3. The van der Waals surface area contributed by atoms with E-state index in [1.807, 2.05) is 0 Å². The second kappa shape index (κ2) is 5.41. The molecule has 1 saturated heterocycles. The lowest BCUT2D eigenvalue weighted by Gasteiger charge is -2.26. The molecule has 0 aromatic heterocycles. The van der Waals surface area contributed by atoms with Crippen molar-refractivity contribution >= 4 is 10.8 Å². The standard InChI is InChI=1S/C11H21NO2S/c12-9-3-5-11(6-4-9)15(13)8-10-2-1-7-14-10/h9-11H,1-8,12H2. The third kappa shape index (κ3) is 3.26. The van der Waals surface area contributed by atoms with Gasteiger partial charge >= 0.3 is 0 Å². The van der Waals surface area contributed by atoms with E-state index in [0.29, 0.717) is 11.3 Å². The fraction of sp³-hybridized carbons (Fsp3) is 1.00. The first-order valence-electron chi connectivity index (χ1n) is 6.00. The van der Waals surface area contributed by atoms with Crippen molar-refractivity contribution in [2.24, 2.45) is 5.73 Å². The summed E-state index contributed by atoms with van der Waals surface area (Å²) in [7, 11) is -0.692. The van der Waals surface area contributed by atoms with Crippen LogP contribution in [0.1, 0.15) is 38.5 Å². The van der Waals surface area contributed by atoms with Crippen LogP contribution < -0.4 is 5.73 Å². The minimum Gasteiger partial charge on any atom is -0.377 e. The van der Waals surface area contributed by atoms with E-state index in [1.165, 1.54) is 0 Å². The molecule has 88 valence electrons. The average Bonchev–Trinajstić information content (AvgIpc) is 2.71. The van der Waals surface area contributed by atoms with Crippen molar-refractivity contribution in [3.8, 4) is 0 Å². The van der Waals surface area contributed by atoms with Gasteiger partial charge in [-0.25, -0.2) is 0 Å². The van der Waals surface area contributed by atoms with Crippen LogP contribution in [0.3, 0.4) is 0 Å². The van der Waals surface area contributed by atoms with Gasteiger partial charge in [-0.05, 0) is 38.5 Å². The van der Waals surface area contributed by atoms with E-state index in [4.69, 9.17) is 10.5 Å². The quantitative estimate of drug-likeness (QED) is 0.793. The molecule has 2 rings (SSSR count). The van der Waals surface area contributed by atoms with Gasteiger partial charge in [-0.2, -0.15) is 0 Å². The monoisotopic (exact) mass is 231 g/mol. The van der Waals surface area contributed by atoms with Crippen LogP contribution in [0.5, 0.6) is 0 Å². The molecule has 2 atom stereocenters. The minimum absolute atomic E-state index is 0.265. The zero-order valence-electron chi connectivity index (χ0n) is 9.19. The molecule has 1 aliphatic carbocycles. The lowest BCUT2D eigenvalue weighted by atomic mass is 9.96. The molecule has 2 aliphatic rings. The van der Waals surface area contributed by atoms with Crippen molar-refractivity contribution in [2.45, 2.75) is 55.9 Å². The Morgan fingerprint density at radius 2 is 1.93 bits per heavy atom. The fourth-order valence-corrected chi connectivity index (χ4v) is 4.15.